The van der Waals surface area contributed by atoms with Crippen LogP contribution in [-0.2, 0) is 26.4 Å². The van der Waals surface area contributed by atoms with Gasteiger partial charge in [0.15, 0.2) is 5.96 Å². The first-order chi connectivity index (χ1) is 14.0. The van der Waals surface area contributed by atoms with E-state index < -0.39 is 0 Å². The molecule has 0 bridgehead atoms. The number of hydrogen-bond donors (Lipinski definition) is 2. The average molecular weight is 398 g/mol. The quantitative estimate of drug-likeness (QED) is 0.579. The summed E-state index contributed by atoms with van der Waals surface area (Å²) in [7, 11) is 3.87. The lowest BCUT2D eigenvalue weighted by Crippen LogP contribution is -2.48. The molecule has 1 fully saturated rings. The number of pyridine rings is 1. The van der Waals surface area contributed by atoms with E-state index in [1.54, 1.807) is 0 Å². The van der Waals surface area contributed by atoms with Crippen molar-refractivity contribution in [2.45, 2.75) is 59.0 Å². The maximum atomic E-state index is 4.67. The van der Waals surface area contributed by atoms with E-state index in [1.165, 1.54) is 17.0 Å². The molecule has 3 heterocycles. The second-order valence-electron chi connectivity index (χ2n) is 7.67. The fourth-order valence-electron chi connectivity index (χ4n) is 4.11. The average Bonchev–Trinajstić information content (AvgIpc) is 3.05. The first kappa shape index (κ1) is 21.1. The van der Waals surface area contributed by atoms with Gasteiger partial charge >= 0.3 is 0 Å². The van der Waals surface area contributed by atoms with Crippen LogP contribution in [0.25, 0.3) is 0 Å². The molecule has 1 aliphatic rings. The minimum absolute atomic E-state index is 0.424. The normalized spacial score (nSPS) is 15.6. The zero-order chi connectivity index (χ0) is 20.8. The number of rotatable bonds is 6. The summed E-state index contributed by atoms with van der Waals surface area (Å²) < 4.78 is 2.01. The Morgan fingerprint density at radius 1 is 1.21 bits per heavy atom. The Balaban J connectivity index is 1.54. The van der Waals surface area contributed by atoms with Crippen LogP contribution in [0.4, 0.5) is 5.82 Å². The van der Waals surface area contributed by atoms with E-state index in [0.717, 1.165) is 62.8 Å². The van der Waals surface area contributed by atoms with Crippen LogP contribution in [0.5, 0.6) is 0 Å². The van der Waals surface area contributed by atoms with Crippen molar-refractivity contribution in [3.05, 3.63) is 40.8 Å². The van der Waals surface area contributed by atoms with Gasteiger partial charge in [-0.3, -0.25) is 9.67 Å². The predicted octanol–water partition coefficient (Wildman–Crippen LogP) is 2.58. The number of piperidine rings is 1. The Bertz CT molecular complexity index is 832. The van der Waals surface area contributed by atoms with Crippen molar-refractivity contribution in [2.75, 3.05) is 25.0 Å². The second kappa shape index (κ2) is 9.76. The van der Waals surface area contributed by atoms with E-state index in [2.05, 4.69) is 56.6 Å². The predicted molar refractivity (Wildman–Crippen MR) is 120 cm³/mol. The van der Waals surface area contributed by atoms with Gasteiger partial charge in [0.1, 0.15) is 5.82 Å². The maximum Gasteiger partial charge on any atom is 0.191 e. The summed E-state index contributed by atoms with van der Waals surface area (Å²) in [6, 6.07) is 6.66. The van der Waals surface area contributed by atoms with Crippen molar-refractivity contribution in [1.82, 2.24) is 25.4 Å². The lowest BCUT2D eigenvalue weighted by atomic mass is 10.1. The van der Waals surface area contributed by atoms with E-state index >= 15 is 0 Å². The summed E-state index contributed by atoms with van der Waals surface area (Å²) in [6.45, 7) is 9.16. The van der Waals surface area contributed by atoms with Gasteiger partial charge in [0.2, 0.25) is 0 Å². The molecule has 0 aromatic carbocycles. The van der Waals surface area contributed by atoms with Gasteiger partial charge in [-0.2, -0.15) is 5.10 Å². The van der Waals surface area contributed by atoms with E-state index in [-0.39, 0.29) is 0 Å². The smallest absolute Gasteiger partial charge is 0.191 e. The Hall–Kier alpha value is -2.57. The molecule has 0 radical (unpaired) electrons. The molecule has 1 saturated heterocycles. The highest BCUT2D eigenvalue weighted by Crippen LogP contribution is 2.18. The third kappa shape index (κ3) is 5.08. The Morgan fingerprint density at radius 2 is 1.97 bits per heavy atom. The minimum Gasteiger partial charge on any atom is -0.356 e. The number of hydrogen-bond acceptors (Lipinski definition) is 4. The summed E-state index contributed by atoms with van der Waals surface area (Å²) in [5.74, 6) is 1.95. The van der Waals surface area contributed by atoms with Crippen molar-refractivity contribution in [1.29, 1.82) is 0 Å². The summed E-state index contributed by atoms with van der Waals surface area (Å²) in [5.41, 5.74) is 4.84. The molecule has 158 valence electrons. The SMILES string of the molecule is CCc1nn(C)c(CC)c1CNC(=NC)NC1CCN(c2cccc(C)n2)CC1. The van der Waals surface area contributed by atoms with Gasteiger partial charge in [0.25, 0.3) is 0 Å². The molecule has 3 rings (SSSR count). The molecule has 29 heavy (non-hydrogen) atoms. The van der Waals surface area contributed by atoms with Crippen molar-refractivity contribution in [3.8, 4) is 0 Å². The van der Waals surface area contributed by atoms with E-state index in [4.69, 9.17) is 0 Å². The van der Waals surface area contributed by atoms with Gasteiger partial charge in [-0.15, -0.1) is 0 Å². The number of anilines is 1. The number of aliphatic imine (C=N–C) groups is 1. The summed E-state index contributed by atoms with van der Waals surface area (Å²) in [4.78, 5) is 11.5. The number of aromatic nitrogens is 3. The molecule has 0 atom stereocenters. The standard InChI is InChI=1S/C22H35N7/c1-6-19-18(20(7-2)28(5)27-19)15-24-22(23-4)26-17-11-13-29(14-12-17)21-10-8-9-16(3)25-21/h8-10,17H,6-7,11-15H2,1-5H3,(H2,23,24,26). The molecule has 0 unspecified atom stereocenters. The van der Waals surface area contributed by atoms with Gasteiger partial charge in [-0.25, -0.2) is 4.98 Å². The molecule has 2 N–H and O–H groups in total. The number of nitrogens with zero attached hydrogens (tertiary/aromatic N) is 5. The Kier molecular flexibility index (Phi) is 7.12. The van der Waals surface area contributed by atoms with Crippen LogP contribution in [-0.4, -0.2) is 46.9 Å². The summed E-state index contributed by atoms with van der Waals surface area (Å²) >= 11 is 0. The number of nitrogens with one attached hydrogen (secondary N) is 2. The first-order valence-corrected chi connectivity index (χ1v) is 10.7. The molecule has 0 spiro atoms. The van der Waals surface area contributed by atoms with Crippen molar-refractivity contribution in [2.24, 2.45) is 12.0 Å². The van der Waals surface area contributed by atoms with Crippen LogP contribution in [0.1, 0.15) is 49.3 Å². The topological polar surface area (TPSA) is 70.4 Å². The highest BCUT2D eigenvalue weighted by atomic mass is 15.3. The molecule has 0 saturated carbocycles. The van der Waals surface area contributed by atoms with E-state index in [9.17, 15) is 0 Å². The van der Waals surface area contributed by atoms with Gasteiger partial charge in [-0.05, 0) is 44.7 Å². The highest BCUT2D eigenvalue weighted by molar-refractivity contribution is 5.80. The minimum atomic E-state index is 0.424. The molecular weight excluding hydrogens is 362 g/mol. The fourth-order valence-corrected chi connectivity index (χ4v) is 4.11. The Labute approximate surface area is 174 Å². The summed E-state index contributed by atoms with van der Waals surface area (Å²) in [5, 5.41) is 11.8. The van der Waals surface area contributed by atoms with Gasteiger partial charge in [0, 0.05) is 56.7 Å². The largest absolute Gasteiger partial charge is 0.356 e. The van der Waals surface area contributed by atoms with Crippen LogP contribution in [0.2, 0.25) is 0 Å². The lowest BCUT2D eigenvalue weighted by Gasteiger charge is -2.34. The van der Waals surface area contributed by atoms with Gasteiger partial charge < -0.3 is 15.5 Å². The van der Waals surface area contributed by atoms with Crippen LogP contribution in [0, 0.1) is 6.92 Å². The maximum absolute atomic E-state index is 4.67. The molecule has 1 aliphatic heterocycles. The summed E-state index contributed by atoms with van der Waals surface area (Å²) in [6.07, 6.45) is 4.08. The van der Waals surface area contributed by atoms with Crippen LogP contribution >= 0.6 is 0 Å². The van der Waals surface area contributed by atoms with Crippen LogP contribution < -0.4 is 15.5 Å². The molecule has 2 aromatic rings. The van der Waals surface area contributed by atoms with Crippen molar-refractivity contribution < 1.29 is 0 Å². The Morgan fingerprint density at radius 3 is 2.59 bits per heavy atom. The molecule has 7 heteroatoms. The zero-order valence-corrected chi connectivity index (χ0v) is 18.5. The third-order valence-electron chi connectivity index (χ3n) is 5.72. The van der Waals surface area contributed by atoms with Crippen molar-refractivity contribution >= 4 is 11.8 Å². The second-order valence-corrected chi connectivity index (χ2v) is 7.67. The molecular formula is C22H35N7. The van der Waals surface area contributed by atoms with E-state index in [1.807, 2.05) is 31.8 Å². The van der Waals surface area contributed by atoms with Crippen LogP contribution in [0.3, 0.4) is 0 Å². The number of aryl methyl sites for hydroxylation is 3. The number of guanidine groups is 1. The van der Waals surface area contributed by atoms with Gasteiger partial charge in [0.05, 0.1) is 5.69 Å². The van der Waals surface area contributed by atoms with Gasteiger partial charge in [-0.1, -0.05) is 19.9 Å². The molecule has 2 aromatic heterocycles. The highest BCUT2D eigenvalue weighted by Gasteiger charge is 2.21. The fraction of sp³-hybridized carbons (Fsp3) is 0.591. The molecule has 0 amide bonds. The van der Waals surface area contributed by atoms with E-state index in [0.29, 0.717) is 6.04 Å². The monoisotopic (exact) mass is 397 g/mol. The molecule has 0 aliphatic carbocycles. The van der Waals surface area contributed by atoms with Crippen LogP contribution in [0.15, 0.2) is 23.2 Å². The van der Waals surface area contributed by atoms with Crippen molar-refractivity contribution in [3.63, 3.8) is 0 Å². The molecule has 7 nitrogen and oxygen atoms in total. The lowest BCUT2D eigenvalue weighted by molar-refractivity contribution is 0.459. The third-order valence-corrected chi connectivity index (χ3v) is 5.72. The first-order valence-electron chi connectivity index (χ1n) is 10.7. The zero-order valence-electron chi connectivity index (χ0n) is 18.5.